The highest BCUT2D eigenvalue weighted by atomic mass is 79.9. The summed E-state index contributed by atoms with van der Waals surface area (Å²) < 4.78 is 7.29. The van der Waals surface area contributed by atoms with E-state index in [-0.39, 0.29) is 10.6 Å². The van der Waals surface area contributed by atoms with Gasteiger partial charge in [-0.05, 0) is 41.0 Å². The Morgan fingerprint density at radius 1 is 1.24 bits per heavy atom. The average molecular weight is 373 g/mol. The molecule has 0 bridgehead atoms. The van der Waals surface area contributed by atoms with E-state index in [0.717, 1.165) is 4.47 Å². The van der Waals surface area contributed by atoms with Crippen molar-refractivity contribution in [2.75, 3.05) is 0 Å². The number of aromatic nitrogens is 2. The van der Waals surface area contributed by atoms with Crippen molar-refractivity contribution in [1.29, 1.82) is 0 Å². The van der Waals surface area contributed by atoms with Gasteiger partial charge in [-0.15, -0.1) is 0 Å². The van der Waals surface area contributed by atoms with Crippen LogP contribution in [0.4, 0.5) is 0 Å². The lowest BCUT2D eigenvalue weighted by molar-refractivity contribution is -0.172. The minimum absolute atomic E-state index is 0.165. The van der Waals surface area contributed by atoms with Crippen LogP contribution in [0.1, 0.15) is 46.4 Å². The highest BCUT2D eigenvalue weighted by molar-refractivity contribution is 9.10. The molecular formula is C15H25BrN2O2Si. The molecule has 4 nitrogen and oxygen atoms in total. The lowest BCUT2D eigenvalue weighted by Crippen LogP contribution is -2.60. The van der Waals surface area contributed by atoms with Crippen molar-refractivity contribution >= 4 is 24.2 Å². The van der Waals surface area contributed by atoms with Gasteiger partial charge in [-0.1, -0.05) is 20.8 Å². The van der Waals surface area contributed by atoms with Crippen molar-refractivity contribution in [3.8, 4) is 0 Å². The van der Waals surface area contributed by atoms with Crippen molar-refractivity contribution < 1.29 is 9.53 Å². The molecule has 1 aliphatic carbocycles. The van der Waals surface area contributed by atoms with Crippen molar-refractivity contribution in [3.63, 3.8) is 0 Å². The van der Waals surface area contributed by atoms with Gasteiger partial charge < -0.3 is 9.53 Å². The number of hydrogen-bond acceptors (Lipinski definition) is 4. The predicted molar refractivity (Wildman–Crippen MR) is 89.5 cm³/mol. The summed E-state index contributed by atoms with van der Waals surface area (Å²) >= 11 is 3.31. The van der Waals surface area contributed by atoms with Crippen LogP contribution in [-0.2, 0) is 10.0 Å². The van der Waals surface area contributed by atoms with Crippen LogP contribution >= 0.6 is 15.9 Å². The fourth-order valence-electron chi connectivity index (χ4n) is 2.74. The van der Waals surface area contributed by atoms with E-state index in [9.17, 15) is 5.11 Å². The van der Waals surface area contributed by atoms with E-state index >= 15 is 0 Å². The van der Waals surface area contributed by atoms with Crippen LogP contribution in [0.25, 0.3) is 0 Å². The van der Waals surface area contributed by atoms with Gasteiger partial charge in [-0.25, -0.2) is 9.97 Å². The Balaban J connectivity index is 2.09. The molecule has 1 aromatic heterocycles. The molecule has 21 heavy (non-hydrogen) atoms. The van der Waals surface area contributed by atoms with Crippen LogP contribution < -0.4 is 0 Å². The van der Waals surface area contributed by atoms with Gasteiger partial charge in [0, 0.05) is 25.2 Å². The highest BCUT2D eigenvalue weighted by Crippen LogP contribution is 2.52. The monoisotopic (exact) mass is 372 g/mol. The van der Waals surface area contributed by atoms with Gasteiger partial charge in [0.05, 0.1) is 10.1 Å². The second-order valence-electron chi connectivity index (χ2n) is 7.92. The fraction of sp³-hybridized carbons (Fsp3) is 0.733. The molecule has 1 aliphatic rings. The zero-order chi connectivity index (χ0) is 16.1. The molecule has 1 fully saturated rings. The third kappa shape index (κ3) is 3.38. The molecule has 118 valence electrons. The fourth-order valence-corrected chi connectivity index (χ4v) is 4.62. The Labute approximate surface area is 136 Å². The maximum Gasteiger partial charge on any atom is 0.192 e. The zero-order valence-corrected chi connectivity index (χ0v) is 16.3. The van der Waals surface area contributed by atoms with Crippen molar-refractivity contribution in [2.45, 2.75) is 69.9 Å². The summed E-state index contributed by atoms with van der Waals surface area (Å²) in [6.07, 6.45) is 4.44. The molecular weight excluding hydrogens is 348 g/mol. The summed E-state index contributed by atoms with van der Waals surface area (Å²) in [4.78, 5) is 8.46. The summed E-state index contributed by atoms with van der Waals surface area (Å²) in [7, 11) is -1.84. The van der Waals surface area contributed by atoms with Gasteiger partial charge in [0.25, 0.3) is 0 Å². The van der Waals surface area contributed by atoms with E-state index in [1.165, 1.54) is 0 Å². The van der Waals surface area contributed by atoms with Crippen LogP contribution in [0.5, 0.6) is 0 Å². The number of aliphatic hydroxyl groups is 1. The van der Waals surface area contributed by atoms with E-state index in [1.54, 1.807) is 12.4 Å². The molecule has 0 radical (unpaired) electrons. The van der Waals surface area contributed by atoms with Crippen LogP contribution in [0.2, 0.25) is 18.1 Å². The summed E-state index contributed by atoms with van der Waals surface area (Å²) in [5, 5.41) is 10.9. The van der Waals surface area contributed by atoms with Crippen molar-refractivity contribution in [1.82, 2.24) is 9.97 Å². The van der Waals surface area contributed by atoms with E-state index in [2.05, 4.69) is 66.7 Å². The highest BCUT2D eigenvalue weighted by Gasteiger charge is 2.57. The Morgan fingerprint density at radius 3 is 2.14 bits per heavy atom. The first-order valence-corrected chi connectivity index (χ1v) is 11.0. The maximum absolute atomic E-state index is 10.7. The third-order valence-corrected chi connectivity index (χ3v) is 9.70. The predicted octanol–water partition coefficient (Wildman–Crippen LogP) is 4.00. The first-order valence-electron chi connectivity index (χ1n) is 7.28. The number of hydrogen-bond donors (Lipinski definition) is 1. The first kappa shape index (κ1) is 17.1. The summed E-state index contributed by atoms with van der Waals surface area (Å²) in [6.45, 7) is 13.3. The lowest BCUT2D eigenvalue weighted by Gasteiger charge is -2.54. The molecule has 0 saturated heterocycles. The van der Waals surface area contributed by atoms with E-state index in [1.807, 2.05) is 0 Å². The molecule has 0 aliphatic heterocycles. The summed E-state index contributed by atoms with van der Waals surface area (Å²) in [5.74, 6) is 0.488. The van der Waals surface area contributed by atoms with Gasteiger partial charge >= 0.3 is 0 Å². The van der Waals surface area contributed by atoms with Gasteiger partial charge in [-0.2, -0.15) is 0 Å². The molecule has 1 saturated carbocycles. The molecule has 0 aromatic carbocycles. The van der Waals surface area contributed by atoms with Gasteiger partial charge in [0.2, 0.25) is 0 Å². The summed E-state index contributed by atoms with van der Waals surface area (Å²) in [5.41, 5.74) is -1.24. The normalized spacial score (nSPS) is 30.1. The van der Waals surface area contributed by atoms with Gasteiger partial charge in [-0.3, -0.25) is 0 Å². The Kier molecular flexibility index (Phi) is 4.15. The molecule has 0 unspecified atom stereocenters. The SMILES string of the molecule is CC1(O[Si](C)(C)C(C)(C)C)CC(O)(c2ncc(Br)cn2)C1. The summed E-state index contributed by atoms with van der Waals surface area (Å²) in [6, 6.07) is 0. The molecule has 0 amide bonds. The van der Waals surface area contributed by atoms with Crippen molar-refractivity contribution in [3.05, 3.63) is 22.7 Å². The Hall–Kier alpha value is -0.303. The van der Waals surface area contributed by atoms with Crippen LogP contribution in [-0.4, -0.2) is 29.0 Å². The first-order chi connectivity index (χ1) is 9.37. The average Bonchev–Trinajstić information content (AvgIpc) is 2.24. The number of nitrogens with zero attached hydrogens (tertiary/aromatic N) is 2. The Bertz CT molecular complexity index is 519. The van der Waals surface area contributed by atoms with E-state index in [4.69, 9.17) is 4.43 Å². The van der Waals surface area contributed by atoms with Crippen molar-refractivity contribution in [2.24, 2.45) is 0 Å². The molecule has 0 atom stereocenters. The standard InChI is InChI=1S/C15H25BrN2O2Si/c1-13(2,3)21(5,6)20-14(4)9-15(19,10-14)12-17-7-11(16)8-18-12/h7-8,19H,9-10H2,1-6H3. The van der Waals surface area contributed by atoms with Crippen LogP contribution in [0.15, 0.2) is 16.9 Å². The second kappa shape index (κ2) is 5.11. The smallest absolute Gasteiger partial charge is 0.192 e. The zero-order valence-electron chi connectivity index (χ0n) is 13.7. The number of halogens is 1. The van der Waals surface area contributed by atoms with E-state index < -0.39 is 13.9 Å². The van der Waals surface area contributed by atoms with Gasteiger partial charge in [0.1, 0.15) is 5.60 Å². The molecule has 0 spiro atoms. The largest absolute Gasteiger partial charge is 0.411 e. The van der Waals surface area contributed by atoms with Crippen LogP contribution in [0.3, 0.4) is 0 Å². The molecule has 1 aromatic rings. The number of rotatable bonds is 3. The molecule has 6 heteroatoms. The third-order valence-electron chi connectivity index (χ3n) is 4.68. The topological polar surface area (TPSA) is 55.2 Å². The second-order valence-corrected chi connectivity index (χ2v) is 13.6. The Morgan fingerprint density at radius 2 is 1.71 bits per heavy atom. The molecule has 1 N–H and O–H groups in total. The molecule has 1 heterocycles. The maximum atomic E-state index is 10.7. The van der Waals surface area contributed by atoms with E-state index in [0.29, 0.717) is 18.7 Å². The lowest BCUT2D eigenvalue weighted by atomic mass is 9.68. The van der Waals surface area contributed by atoms with Crippen LogP contribution in [0, 0.1) is 0 Å². The minimum atomic E-state index is -1.84. The minimum Gasteiger partial charge on any atom is -0.411 e. The van der Waals surface area contributed by atoms with Gasteiger partial charge in [0.15, 0.2) is 14.1 Å². The quantitative estimate of drug-likeness (QED) is 0.814. The molecule has 2 rings (SSSR count).